The summed E-state index contributed by atoms with van der Waals surface area (Å²) in [5.74, 6) is -0.241. The van der Waals surface area contributed by atoms with Gasteiger partial charge in [0.1, 0.15) is 18.3 Å². The van der Waals surface area contributed by atoms with E-state index in [-0.39, 0.29) is 18.9 Å². The number of ether oxygens (including phenoxy) is 1. The molecule has 0 spiro atoms. The molecule has 0 fully saturated rings. The van der Waals surface area contributed by atoms with Crippen molar-refractivity contribution >= 4 is 43.5 Å². The van der Waals surface area contributed by atoms with E-state index in [4.69, 9.17) is 4.74 Å². The van der Waals surface area contributed by atoms with Gasteiger partial charge in [-0.15, -0.1) is 0 Å². The third kappa shape index (κ3) is 9.09. The number of nitrogens with one attached hydrogen (secondary N) is 1. The van der Waals surface area contributed by atoms with Crippen LogP contribution >= 0.6 is 15.9 Å². The first-order valence-electron chi connectivity index (χ1n) is 12.8. The van der Waals surface area contributed by atoms with Crippen LogP contribution in [-0.2, 0) is 32.6 Å². The molecule has 214 valence electrons. The molecule has 8 nitrogen and oxygen atoms in total. The van der Waals surface area contributed by atoms with Crippen LogP contribution in [0.2, 0.25) is 0 Å². The third-order valence-electron chi connectivity index (χ3n) is 6.03. The Morgan fingerprint density at radius 2 is 1.60 bits per heavy atom. The maximum atomic E-state index is 14.1. The molecule has 0 bridgehead atoms. The molecule has 3 rings (SSSR count). The Kier molecular flexibility index (Phi) is 10.4. The van der Waals surface area contributed by atoms with Gasteiger partial charge < -0.3 is 15.0 Å². The van der Waals surface area contributed by atoms with Crippen LogP contribution in [0.1, 0.15) is 31.9 Å². The Morgan fingerprint density at radius 3 is 2.20 bits per heavy atom. The van der Waals surface area contributed by atoms with Crippen molar-refractivity contribution < 1.29 is 22.7 Å². The second-order valence-corrected chi connectivity index (χ2v) is 13.4. The number of rotatable bonds is 11. The molecule has 0 aliphatic carbocycles. The second-order valence-electron chi connectivity index (χ2n) is 10.6. The first-order chi connectivity index (χ1) is 18.8. The summed E-state index contributed by atoms with van der Waals surface area (Å²) in [6, 6.07) is 22.5. The predicted molar refractivity (Wildman–Crippen MR) is 162 cm³/mol. The lowest BCUT2D eigenvalue weighted by molar-refractivity contribution is -0.140. The van der Waals surface area contributed by atoms with Gasteiger partial charge in [0.15, 0.2) is 0 Å². The summed E-state index contributed by atoms with van der Waals surface area (Å²) >= 11 is 3.38. The Labute approximate surface area is 245 Å². The van der Waals surface area contributed by atoms with Crippen molar-refractivity contribution in [1.29, 1.82) is 0 Å². The number of methoxy groups -OCH3 is 1. The van der Waals surface area contributed by atoms with Gasteiger partial charge in [-0.05, 0) is 62.2 Å². The van der Waals surface area contributed by atoms with E-state index in [1.54, 1.807) is 43.5 Å². The van der Waals surface area contributed by atoms with Gasteiger partial charge in [0.25, 0.3) is 0 Å². The van der Waals surface area contributed by atoms with E-state index in [9.17, 15) is 18.0 Å². The number of hydrogen-bond donors (Lipinski definition) is 1. The van der Waals surface area contributed by atoms with Crippen molar-refractivity contribution in [2.75, 3.05) is 24.2 Å². The highest BCUT2D eigenvalue weighted by molar-refractivity contribution is 9.10. The zero-order chi connectivity index (χ0) is 29.5. The van der Waals surface area contributed by atoms with Crippen molar-refractivity contribution in [1.82, 2.24) is 10.2 Å². The average Bonchev–Trinajstić information content (AvgIpc) is 2.88. The van der Waals surface area contributed by atoms with Crippen molar-refractivity contribution in [3.05, 3.63) is 94.5 Å². The highest BCUT2D eigenvalue weighted by Crippen LogP contribution is 2.24. The summed E-state index contributed by atoms with van der Waals surface area (Å²) in [7, 11) is -2.28. The molecule has 0 heterocycles. The SMILES string of the molecule is COc1cccc(CN(C(=O)CN(c2cccc(Br)c2)S(C)(=O)=O)[C@@H](Cc2ccccc2)C(=O)NC(C)(C)C)c1. The lowest BCUT2D eigenvalue weighted by atomic mass is 10.0. The quantitative estimate of drug-likeness (QED) is 0.329. The molecule has 0 aromatic heterocycles. The van der Waals surface area contributed by atoms with Crippen LogP contribution < -0.4 is 14.4 Å². The van der Waals surface area contributed by atoms with Crippen LogP contribution in [0.15, 0.2) is 83.3 Å². The minimum absolute atomic E-state index is 0.0706. The van der Waals surface area contributed by atoms with Gasteiger partial charge in [-0.3, -0.25) is 13.9 Å². The van der Waals surface area contributed by atoms with Gasteiger partial charge in [-0.2, -0.15) is 0 Å². The van der Waals surface area contributed by atoms with E-state index in [0.717, 1.165) is 21.7 Å². The van der Waals surface area contributed by atoms with Gasteiger partial charge in [-0.1, -0.05) is 64.5 Å². The lowest BCUT2D eigenvalue weighted by Gasteiger charge is -2.35. The molecule has 3 aromatic rings. The van der Waals surface area contributed by atoms with Crippen molar-refractivity contribution in [2.24, 2.45) is 0 Å². The first-order valence-corrected chi connectivity index (χ1v) is 15.4. The second kappa shape index (κ2) is 13.3. The summed E-state index contributed by atoms with van der Waals surface area (Å²) in [6.07, 6.45) is 1.30. The molecular weight excluding hydrogens is 594 g/mol. The van der Waals surface area contributed by atoms with Gasteiger partial charge >= 0.3 is 0 Å². The molecule has 1 N–H and O–H groups in total. The molecule has 0 saturated heterocycles. The van der Waals surface area contributed by atoms with E-state index < -0.39 is 34.1 Å². The highest BCUT2D eigenvalue weighted by Gasteiger charge is 2.34. The number of anilines is 1. The minimum atomic E-state index is -3.84. The Morgan fingerprint density at radius 1 is 0.950 bits per heavy atom. The van der Waals surface area contributed by atoms with Crippen LogP contribution in [0, 0.1) is 0 Å². The van der Waals surface area contributed by atoms with E-state index in [0.29, 0.717) is 15.9 Å². The van der Waals surface area contributed by atoms with Crippen LogP contribution in [0.4, 0.5) is 5.69 Å². The predicted octanol–water partition coefficient (Wildman–Crippen LogP) is 4.78. The fraction of sp³-hybridized carbons (Fsp3) is 0.333. The molecule has 0 aliphatic heterocycles. The van der Waals surface area contributed by atoms with Crippen LogP contribution in [0.3, 0.4) is 0 Å². The molecule has 3 aromatic carbocycles. The normalized spacial score (nSPS) is 12.3. The van der Waals surface area contributed by atoms with Crippen molar-refractivity contribution in [3.63, 3.8) is 0 Å². The molecule has 0 unspecified atom stereocenters. The standard InChI is InChI=1S/C30H36BrN3O5S/c1-30(2,3)32-29(36)27(18-22-11-7-6-8-12-22)33(20-23-13-9-16-26(17-23)39-4)28(35)21-34(40(5,37)38)25-15-10-14-24(31)19-25/h6-17,19,27H,18,20-21H2,1-5H3,(H,32,36)/t27-/m0/s1. The number of sulfonamides is 1. The van der Waals surface area contributed by atoms with E-state index in [1.165, 1.54) is 4.90 Å². The van der Waals surface area contributed by atoms with Gasteiger partial charge in [0, 0.05) is 23.0 Å². The van der Waals surface area contributed by atoms with Crippen molar-refractivity contribution in [2.45, 2.75) is 45.3 Å². The molecule has 0 radical (unpaired) electrons. The van der Waals surface area contributed by atoms with E-state index in [1.807, 2.05) is 63.2 Å². The van der Waals surface area contributed by atoms with E-state index >= 15 is 0 Å². The molecular formula is C30H36BrN3O5S. The maximum Gasteiger partial charge on any atom is 0.244 e. The number of amides is 2. The first kappa shape index (κ1) is 31.2. The summed E-state index contributed by atoms with van der Waals surface area (Å²) in [4.78, 5) is 29.3. The lowest BCUT2D eigenvalue weighted by Crippen LogP contribution is -2.56. The van der Waals surface area contributed by atoms with Crippen molar-refractivity contribution in [3.8, 4) is 5.75 Å². The zero-order valence-electron chi connectivity index (χ0n) is 23.4. The largest absolute Gasteiger partial charge is 0.497 e. The molecule has 1 atom stereocenters. The van der Waals surface area contributed by atoms with Gasteiger partial charge in [0.2, 0.25) is 21.8 Å². The highest BCUT2D eigenvalue weighted by atomic mass is 79.9. The summed E-state index contributed by atoms with van der Waals surface area (Å²) < 4.78 is 32.8. The zero-order valence-corrected chi connectivity index (χ0v) is 25.8. The van der Waals surface area contributed by atoms with Crippen LogP contribution in [0.25, 0.3) is 0 Å². The van der Waals surface area contributed by atoms with E-state index in [2.05, 4.69) is 21.2 Å². The van der Waals surface area contributed by atoms with Crippen LogP contribution in [-0.4, -0.2) is 56.6 Å². The number of hydrogen-bond acceptors (Lipinski definition) is 5. The molecule has 10 heteroatoms. The Balaban J connectivity index is 2.09. The topological polar surface area (TPSA) is 96.0 Å². The molecule has 0 saturated carbocycles. The number of benzene rings is 3. The number of carbonyl (C=O) groups is 2. The molecule has 0 aliphatic rings. The maximum absolute atomic E-state index is 14.1. The summed E-state index contributed by atoms with van der Waals surface area (Å²) in [5, 5.41) is 3.01. The Bertz CT molecular complexity index is 1420. The molecule has 2 amide bonds. The van der Waals surface area contributed by atoms with Gasteiger partial charge in [0.05, 0.1) is 19.1 Å². The summed E-state index contributed by atoms with van der Waals surface area (Å²) in [6.45, 7) is 5.21. The number of nitrogens with zero attached hydrogens (tertiary/aromatic N) is 2. The Hall–Kier alpha value is -3.37. The smallest absolute Gasteiger partial charge is 0.244 e. The number of carbonyl (C=O) groups excluding carboxylic acids is 2. The molecule has 40 heavy (non-hydrogen) atoms. The minimum Gasteiger partial charge on any atom is -0.497 e. The number of halogens is 1. The monoisotopic (exact) mass is 629 g/mol. The fourth-order valence-corrected chi connectivity index (χ4v) is 5.45. The average molecular weight is 631 g/mol. The van der Waals surface area contributed by atoms with Crippen LogP contribution in [0.5, 0.6) is 5.75 Å². The summed E-state index contributed by atoms with van der Waals surface area (Å²) in [5.41, 5.74) is 1.39. The fourth-order valence-electron chi connectivity index (χ4n) is 4.22. The van der Waals surface area contributed by atoms with Gasteiger partial charge in [-0.25, -0.2) is 8.42 Å². The third-order valence-corrected chi connectivity index (χ3v) is 7.67.